The summed E-state index contributed by atoms with van der Waals surface area (Å²) in [7, 11) is 1.43. The molecule has 5 aromatic rings. The summed E-state index contributed by atoms with van der Waals surface area (Å²) >= 11 is 6.46. The van der Waals surface area contributed by atoms with Gasteiger partial charge >= 0.3 is 6.09 Å². The van der Waals surface area contributed by atoms with Gasteiger partial charge in [0.05, 0.1) is 35.0 Å². The highest BCUT2D eigenvalue weighted by Gasteiger charge is 2.30. The van der Waals surface area contributed by atoms with Gasteiger partial charge in [-0.05, 0) is 48.0 Å². The van der Waals surface area contributed by atoms with Gasteiger partial charge in [0.1, 0.15) is 23.7 Å². The van der Waals surface area contributed by atoms with E-state index in [0.29, 0.717) is 52.9 Å². The Hall–Kier alpha value is -4.91. The van der Waals surface area contributed by atoms with Crippen LogP contribution in [0, 0.1) is 6.92 Å². The van der Waals surface area contributed by atoms with E-state index in [-0.39, 0.29) is 16.8 Å². The van der Waals surface area contributed by atoms with Crippen LogP contribution in [-0.2, 0) is 6.42 Å². The number of tetrazole rings is 1. The summed E-state index contributed by atoms with van der Waals surface area (Å²) in [5.74, 6) is 1.16. The fraction of sp³-hybridized carbons (Fsp3) is 0.200. The van der Waals surface area contributed by atoms with E-state index in [2.05, 4.69) is 30.5 Å². The van der Waals surface area contributed by atoms with Crippen molar-refractivity contribution in [2.75, 3.05) is 11.9 Å². The lowest BCUT2D eigenvalue weighted by atomic mass is 10.1. The van der Waals surface area contributed by atoms with E-state index in [9.17, 15) is 9.59 Å². The van der Waals surface area contributed by atoms with Gasteiger partial charge in [-0.15, -0.1) is 5.10 Å². The maximum Gasteiger partial charge on any atom is 0.411 e. The third-order valence-electron chi connectivity index (χ3n) is 6.67. The van der Waals surface area contributed by atoms with Gasteiger partial charge in [0.2, 0.25) is 0 Å². The average Bonchev–Trinajstić information content (AvgIpc) is 3.68. The van der Waals surface area contributed by atoms with Crippen LogP contribution in [0.1, 0.15) is 29.7 Å². The molecule has 0 fully saturated rings. The van der Waals surface area contributed by atoms with Crippen LogP contribution in [0.4, 0.5) is 10.5 Å². The van der Waals surface area contributed by atoms with Crippen LogP contribution in [0.2, 0.25) is 5.15 Å². The van der Waals surface area contributed by atoms with E-state index in [0.717, 1.165) is 16.0 Å². The van der Waals surface area contributed by atoms with E-state index < -0.39 is 6.09 Å². The first-order valence-corrected chi connectivity index (χ1v) is 12.3. The Morgan fingerprint density at radius 2 is 2.03 bits per heavy atom. The fourth-order valence-electron chi connectivity index (χ4n) is 4.71. The van der Waals surface area contributed by atoms with Crippen LogP contribution in [0.3, 0.4) is 0 Å². The number of amides is 1. The maximum atomic E-state index is 13.4. The molecule has 13 nitrogen and oxygen atoms in total. The summed E-state index contributed by atoms with van der Waals surface area (Å²) < 4.78 is 3.17. The highest BCUT2D eigenvalue weighted by molar-refractivity contribution is 6.31. The molecule has 0 unspecified atom stereocenters. The number of carbonyl (C=O) groups is 1. The Labute approximate surface area is 225 Å². The molecular formula is C25H21ClN10O3. The normalized spacial score (nSPS) is 14.4. The second-order valence-corrected chi connectivity index (χ2v) is 9.48. The fourth-order valence-corrected chi connectivity index (χ4v) is 4.94. The first-order valence-electron chi connectivity index (χ1n) is 12.0. The number of carboxylic acid groups (broad SMARTS) is 1. The molecular weight excluding hydrogens is 524 g/mol. The molecule has 1 aliphatic heterocycles. The summed E-state index contributed by atoms with van der Waals surface area (Å²) in [5.41, 5.74) is 4.19. The van der Waals surface area contributed by atoms with E-state index >= 15 is 0 Å². The predicted molar refractivity (Wildman–Crippen MR) is 141 cm³/mol. The molecule has 0 radical (unpaired) electrons. The van der Waals surface area contributed by atoms with Crippen molar-refractivity contribution in [1.29, 1.82) is 0 Å². The van der Waals surface area contributed by atoms with Crippen molar-refractivity contribution < 1.29 is 9.90 Å². The Morgan fingerprint density at radius 1 is 1.18 bits per heavy atom. The summed E-state index contributed by atoms with van der Waals surface area (Å²) in [4.78, 5) is 42.6. The second kappa shape index (κ2) is 9.44. The summed E-state index contributed by atoms with van der Waals surface area (Å²) in [5, 5.41) is 20.8. The maximum absolute atomic E-state index is 13.4. The number of aromatic nitrogens is 9. The van der Waals surface area contributed by atoms with Gasteiger partial charge in [0, 0.05) is 25.1 Å². The zero-order chi connectivity index (χ0) is 27.3. The van der Waals surface area contributed by atoms with E-state index in [1.165, 1.54) is 30.3 Å². The lowest BCUT2D eigenvalue weighted by Crippen LogP contribution is -2.25. The number of pyridine rings is 1. The van der Waals surface area contributed by atoms with Gasteiger partial charge in [-0.2, -0.15) is 4.68 Å². The van der Waals surface area contributed by atoms with Crippen molar-refractivity contribution in [3.8, 4) is 28.3 Å². The van der Waals surface area contributed by atoms with Crippen molar-refractivity contribution in [3.63, 3.8) is 0 Å². The third-order valence-corrected chi connectivity index (χ3v) is 6.95. The van der Waals surface area contributed by atoms with Crippen molar-refractivity contribution in [2.45, 2.75) is 25.8 Å². The number of rotatable bonds is 5. The quantitative estimate of drug-likeness (QED) is 0.338. The highest BCUT2D eigenvalue weighted by Crippen LogP contribution is 2.34. The van der Waals surface area contributed by atoms with Crippen LogP contribution in [0.25, 0.3) is 28.3 Å². The molecule has 1 atom stereocenters. The number of aromatic amines is 1. The molecule has 6 rings (SSSR count). The highest BCUT2D eigenvalue weighted by atomic mass is 35.5. The number of fused-ring (bicyclic) bond motifs is 1. The topological polar surface area (TPSA) is 161 Å². The Morgan fingerprint density at radius 3 is 2.74 bits per heavy atom. The van der Waals surface area contributed by atoms with Gasteiger partial charge in [-0.1, -0.05) is 23.2 Å². The second-order valence-electron chi connectivity index (χ2n) is 9.13. The number of aryl methyl sites for hydroxylation is 2. The Kier molecular flexibility index (Phi) is 5.91. The smallest absolute Gasteiger partial charge is 0.411 e. The summed E-state index contributed by atoms with van der Waals surface area (Å²) in [6, 6.07) is 10.2. The molecule has 5 heterocycles. The van der Waals surface area contributed by atoms with E-state index in [4.69, 9.17) is 21.7 Å². The lowest BCUT2D eigenvalue weighted by Gasteiger charge is -2.14. The van der Waals surface area contributed by atoms with Gasteiger partial charge in [0.15, 0.2) is 5.15 Å². The van der Waals surface area contributed by atoms with Gasteiger partial charge in [0.25, 0.3) is 5.56 Å². The van der Waals surface area contributed by atoms with E-state index in [1.807, 2.05) is 25.1 Å². The molecule has 2 N–H and O–H groups in total. The third kappa shape index (κ3) is 4.32. The molecule has 1 amide bonds. The number of nitrogens with one attached hydrogen (secondary N) is 1. The van der Waals surface area contributed by atoms with Crippen LogP contribution in [0.5, 0.6) is 0 Å². The van der Waals surface area contributed by atoms with Gasteiger partial charge in [-0.3, -0.25) is 19.2 Å². The molecule has 0 bridgehead atoms. The molecule has 0 aliphatic carbocycles. The summed E-state index contributed by atoms with van der Waals surface area (Å²) in [6.07, 6.45) is 3.02. The van der Waals surface area contributed by atoms with E-state index in [1.54, 1.807) is 16.7 Å². The molecule has 14 heteroatoms. The van der Waals surface area contributed by atoms with Crippen molar-refractivity contribution in [1.82, 2.24) is 44.7 Å². The number of H-pyrrole nitrogens is 1. The number of imidazole rings is 1. The Balaban J connectivity index is 1.35. The number of halogens is 1. The molecule has 0 saturated heterocycles. The Bertz CT molecular complexity index is 1760. The minimum Gasteiger partial charge on any atom is -0.465 e. The van der Waals surface area contributed by atoms with Gasteiger partial charge in [-0.25, -0.2) is 14.8 Å². The largest absolute Gasteiger partial charge is 0.465 e. The number of anilines is 1. The first-order chi connectivity index (χ1) is 18.8. The predicted octanol–water partition coefficient (Wildman–Crippen LogP) is 3.28. The molecule has 0 spiro atoms. The molecule has 39 heavy (non-hydrogen) atoms. The van der Waals surface area contributed by atoms with Crippen molar-refractivity contribution in [3.05, 3.63) is 81.6 Å². The molecule has 1 aromatic carbocycles. The molecule has 1 aliphatic rings. The monoisotopic (exact) mass is 544 g/mol. The lowest BCUT2D eigenvalue weighted by molar-refractivity contribution is 0.203. The first kappa shape index (κ1) is 24.4. The zero-order valence-corrected chi connectivity index (χ0v) is 21.5. The minimum atomic E-state index is -1.09. The average molecular weight is 545 g/mol. The van der Waals surface area contributed by atoms with Crippen LogP contribution in [0.15, 0.2) is 53.7 Å². The van der Waals surface area contributed by atoms with Crippen molar-refractivity contribution >= 4 is 23.4 Å². The van der Waals surface area contributed by atoms with Crippen molar-refractivity contribution in [2.24, 2.45) is 0 Å². The number of hydrogen-bond donors (Lipinski definition) is 2. The van der Waals surface area contributed by atoms with Crippen LogP contribution in [-0.4, -0.2) is 63.0 Å². The minimum absolute atomic E-state index is 0.203. The van der Waals surface area contributed by atoms with Gasteiger partial charge < -0.3 is 10.1 Å². The molecule has 0 saturated carbocycles. The van der Waals surface area contributed by atoms with Crippen LogP contribution < -0.4 is 10.5 Å². The number of hydrogen-bond acceptors (Lipinski definition) is 8. The SMILES string of the molecule is Cc1ccc(-n2cnnn2)c(-c2cc(=O)n3c(n2)CC[C@H]3c2nc(Cl)c(-c3ccc(N(C)C(=O)O)cn3)[nH]2)c1. The summed E-state index contributed by atoms with van der Waals surface area (Å²) in [6.45, 7) is 1.97. The standard InChI is InChI=1S/C25H21ClN10O3/c1-13-3-6-18(35-12-28-32-33-35)15(9-13)17-10-21(37)36-19(7-8-20(36)29-17)24-30-22(23(26)31-24)16-5-4-14(11-27-16)34(2)25(38)39/h3-6,9-12,19H,7-8H2,1-2H3,(H,30,31)(H,38,39)/t19-/m0/s1. The number of benzene rings is 1. The molecule has 196 valence electrons. The zero-order valence-electron chi connectivity index (χ0n) is 20.8. The van der Waals surface area contributed by atoms with Crippen LogP contribution >= 0.6 is 11.6 Å². The molecule has 4 aromatic heterocycles. The number of nitrogens with zero attached hydrogens (tertiary/aromatic N) is 9.